The minimum Gasteiger partial charge on any atom is -0.465 e. The molecule has 1 aliphatic rings. The lowest BCUT2D eigenvalue weighted by Crippen LogP contribution is -2.37. The van der Waals surface area contributed by atoms with Crippen molar-refractivity contribution in [3.63, 3.8) is 0 Å². The van der Waals surface area contributed by atoms with Crippen LogP contribution < -0.4 is 10.6 Å². The van der Waals surface area contributed by atoms with Crippen LogP contribution in [-0.2, 0) is 89.9 Å². The zero-order chi connectivity index (χ0) is 80.6. The molecule has 0 aliphatic carbocycles. The van der Waals surface area contributed by atoms with E-state index in [1.165, 1.54) is 13.8 Å². The van der Waals surface area contributed by atoms with E-state index in [-0.39, 0.29) is 73.7 Å². The SMILES string of the molecule is C.C.C.C.CC(=O)CCCP(C)(C)=O.CC(=O)CCP(C)(C)=O.CC(=O)OCCP(C)(C)=O.COCCP(C)(=O)Cc1ccccc1.COCCP(C)(C)=O.CP(=O)(CCO)CCO.CP(=O)(c1ccccc1)c1ccccc1.CP(C)(=O)CCN1CCOCC1.CP(C)(=O)CCOCCO.CP(C)(C)=O. The lowest BCUT2D eigenvalue weighted by atomic mass is 10.2. The van der Waals surface area contributed by atoms with Gasteiger partial charge in [-0.2, -0.15) is 0 Å². The van der Waals surface area contributed by atoms with Gasteiger partial charge in [-0.3, -0.25) is 9.69 Å². The van der Waals surface area contributed by atoms with Gasteiger partial charge >= 0.3 is 5.97 Å². The monoisotopic (exact) mass is 1700 g/mol. The summed E-state index contributed by atoms with van der Waals surface area (Å²) in [6.07, 6.45) is 7.69. The highest BCUT2D eigenvalue weighted by molar-refractivity contribution is 7.78. The van der Waals surface area contributed by atoms with Crippen molar-refractivity contribution in [2.45, 2.75) is 75.9 Å². The summed E-state index contributed by atoms with van der Waals surface area (Å²) in [5, 5.41) is 26.9. The first-order chi connectivity index (χ1) is 46.4. The van der Waals surface area contributed by atoms with Gasteiger partial charge in [-0.05, 0) is 146 Å². The van der Waals surface area contributed by atoms with Crippen molar-refractivity contribution in [2.24, 2.45) is 0 Å². The number of methoxy groups -OCH3 is 2. The molecule has 106 heavy (non-hydrogen) atoms. The maximum atomic E-state index is 12.6. The average molecular weight is 1700 g/mol. The standard InChI is InChI=1S/C13H13OP.C11H17O2P.C8H18NO2P.C7H15O2P.C6H13O3P.C6H15O3P.C6H13O2P.C5H13O3P.C5H13O2P.C3H9OP.4CH4/c1-15(14,12-8-4-2-5-9-12)13-10-6-3-7-11-13;1-13-8-9-14(2,12)10-11-6-4-3-5-7-11;1-12(2,10)8-5-9-3-6-11-7-4-9;1-7(8)5-4-6-10(2,3)9;1-6(7)9-4-5-10(2,3)8;1-10(2,8)6-5-9-4-3-7;1-6(7)4-5-9(2,3)8;1-9(8,4-2-6)5-3-7;1-7-4-5-8(2,3)6;1-5(2,3)4;;;;/h2-11H,1H3;3-7H,8-10H2,1-2H3;3-8H2,1-2H3;4-6H2,1-3H3;4-5H2,1-3H3;7H,3-6H2,1-2H3;4-5H2,1-3H3;6-7H,2-5H2,1H3;4-5H2,1-3H3;1-3H3;4*1H4. The maximum Gasteiger partial charge on any atom is 0.302 e. The summed E-state index contributed by atoms with van der Waals surface area (Å²) in [7, 11) is -16.4. The van der Waals surface area contributed by atoms with Gasteiger partial charge in [0, 0.05) is 139 Å². The molecule has 0 saturated carbocycles. The van der Waals surface area contributed by atoms with E-state index in [1.54, 1.807) is 114 Å². The molecule has 0 spiro atoms. The fourth-order valence-electron chi connectivity index (χ4n) is 6.96. The number of esters is 1. The molecule has 3 aromatic carbocycles. The number of Topliss-reactive ketones (excluding diaryl/α,β-unsaturated/α-hetero) is 2. The van der Waals surface area contributed by atoms with Crippen LogP contribution in [0.1, 0.15) is 75.3 Å². The van der Waals surface area contributed by atoms with Gasteiger partial charge in [-0.15, -0.1) is 0 Å². The molecule has 1 unspecified atom stereocenters. The Kier molecular flexibility index (Phi) is 81.6. The van der Waals surface area contributed by atoms with Crippen molar-refractivity contribution in [1.82, 2.24) is 4.90 Å². The Morgan fingerprint density at radius 1 is 0.406 bits per heavy atom. The van der Waals surface area contributed by atoms with Crippen LogP contribution in [0.2, 0.25) is 0 Å². The number of aliphatic hydroxyl groups is 3. The van der Waals surface area contributed by atoms with Crippen molar-refractivity contribution in [2.75, 3.05) is 275 Å². The van der Waals surface area contributed by atoms with Crippen LogP contribution in [0.5, 0.6) is 0 Å². The van der Waals surface area contributed by atoms with Crippen LogP contribution in [0.15, 0.2) is 91.0 Å². The number of rotatable bonds is 32. The zero-order valence-corrected chi connectivity index (χ0v) is 75.6. The van der Waals surface area contributed by atoms with Gasteiger partial charge in [0.2, 0.25) is 0 Å². The zero-order valence-electron chi connectivity index (χ0n) is 66.7. The highest BCUT2D eigenvalue weighted by Crippen LogP contribution is 2.45. The summed E-state index contributed by atoms with van der Waals surface area (Å²) in [5.41, 5.74) is 1.15. The van der Waals surface area contributed by atoms with Crippen LogP contribution in [0.3, 0.4) is 0 Å². The van der Waals surface area contributed by atoms with Crippen molar-refractivity contribution in [3.8, 4) is 0 Å². The molecule has 3 aromatic rings. The van der Waals surface area contributed by atoms with Gasteiger partial charge in [0.05, 0.1) is 117 Å². The molecule has 32 heteroatoms. The summed E-state index contributed by atoms with van der Waals surface area (Å²) in [5.74, 6) is 0.000764. The van der Waals surface area contributed by atoms with Gasteiger partial charge in [-0.1, -0.05) is 121 Å². The number of hydrogen-bond acceptors (Lipinski definition) is 22. The number of benzene rings is 3. The normalized spacial score (nSPS) is 12.7. The Hall–Kier alpha value is -1.55. The van der Waals surface area contributed by atoms with Crippen LogP contribution in [0.25, 0.3) is 0 Å². The Morgan fingerprint density at radius 3 is 1.05 bits per heavy atom. The molecular formula is C74H155NO21P10. The van der Waals surface area contributed by atoms with E-state index < -0.39 is 71.4 Å². The van der Waals surface area contributed by atoms with Gasteiger partial charge in [0.25, 0.3) is 0 Å². The van der Waals surface area contributed by atoms with Crippen molar-refractivity contribution in [3.05, 3.63) is 96.6 Å². The Morgan fingerprint density at radius 2 is 0.745 bits per heavy atom. The molecule has 1 aliphatic heterocycles. The molecule has 22 nitrogen and oxygen atoms in total. The molecule has 0 bridgehead atoms. The molecule has 1 fully saturated rings. The second-order valence-electron chi connectivity index (χ2n) is 28.5. The van der Waals surface area contributed by atoms with E-state index in [9.17, 15) is 60.0 Å². The van der Waals surface area contributed by atoms with Gasteiger partial charge < -0.3 is 94.2 Å². The number of carbonyl (C=O) groups is 3. The van der Waals surface area contributed by atoms with Crippen LogP contribution in [0.4, 0.5) is 0 Å². The van der Waals surface area contributed by atoms with E-state index in [4.69, 9.17) is 34.3 Å². The van der Waals surface area contributed by atoms with Gasteiger partial charge in [0.15, 0.2) is 0 Å². The van der Waals surface area contributed by atoms with Gasteiger partial charge in [0.1, 0.15) is 18.7 Å². The highest BCUT2D eigenvalue weighted by atomic mass is 31.2. The van der Waals surface area contributed by atoms with E-state index in [0.717, 1.165) is 61.6 Å². The van der Waals surface area contributed by atoms with Crippen molar-refractivity contribution < 1.29 is 99.0 Å². The topological polar surface area (TPSA) is 332 Å². The fraction of sp³-hybridized carbons (Fsp3) is 0.716. The van der Waals surface area contributed by atoms with E-state index in [0.29, 0.717) is 94.7 Å². The summed E-state index contributed by atoms with van der Waals surface area (Å²) >= 11 is 0. The first-order valence-electron chi connectivity index (χ1n) is 33.8. The third-order valence-electron chi connectivity index (χ3n) is 12.8. The van der Waals surface area contributed by atoms with E-state index in [2.05, 4.69) is 9.64 Å². The molecule has 0 amide bonds. The molecule has 0 aromatic heterocycles. The van der Waals surface area contributed by atoms with E-state index >= 15 is 0 Å². The maximum absolute atomic E-state index is 12.6. The Balaban J connectivity index is -0.000000122. The number of ketones is 2. The first-order valence-corrected chi connectivity index (χ1v) is 60.8. The molecule has 1 heterocycles. The molecule has 0 radical (unpaired) electrons. The molecule has 3 N–H and O–H groups in total. The lowest BCUT2D eigenvalue weighted by molar-refractivity contribution is -0.140. The molecule has 1 atom stereocenters. The number of ether oxygens (including phenoxy) is 5. The largest absolute Gasteiger partial charge is 0.465 e. The van der Waals surface area contributed by atoms with Crippen molar-refractivity contribution in [1.29, 1.82) is 0 Å². The number of nitrogens with zero attached hydrogens (tertiary/aromatic N) is 1. The Labute approximate surface area is 647 Å². The minimum absolute atomic E-state index is 0. The summed E-state index contributed by atoms with van der Waals surface area (Å²) < 4.78 is 137. The average Bonchev–Trinajstić information content (AvgIpc) is 0.816. The van der Waals surface area contributed by atoms with Crippen LogP contribution in [-0.4, -0.2) is 313 Å². The fourth-order valence-corrected chi connectivity index (χ4v) is 15.8. The van der Waals surface area contributed by atoms with Crippen LogP contribution in [0, 0.1) is 0 Å². The van der Waals surface area contributed by atoms with Gasteiger partial charge in [-0.25, -0.2) is 0 Å². The summed E-state index contributed by atoms with van der Waals surface area (Å²) in [4.78, 5) is 33.3. The number of aliphatic hydroxyl groups excluding tert-OH is 3. The molecular weight excluding hydrogens is 1550 g/mol. The van der Waals surface area contributed by atoms with Crippen molar-refractivity contribution >= 4 is 99.6 Å². The lowest BCUT2D eigenvalue weighted by Gasteiger charge is -2.26. The quantitative estimate of drug-likeness (QED) is 0.0297. The smallest absolute Gasteiger partial charge is 0.302 e. The number of hydrogen-bond donors (Lipinski definition) is 3. The number of morpholine rings is 1. The third-order valence-corrected chi connectivity index (χ3v) is 27.6. The van der Waals surface area contributed by atoms with Crippen LogP contribution >= 0.6 is 71.4 Å². The second kappa shape index (κ2) is 69.0. The predicted molar refractivity (Wildman–Crippen MR) is 471 cm³/mol. The number of carbonyl (C=O) groups excluding carboxylic acids is 3. The summed E-state index contributed by atoms with van der Waals surface area (Å²) in [6.45, 7) is 42.8. The first kappa shape index (κ1) is 125. The Bertz CT molecular complexity index is 3030. The molecule has 4 rings (SSSR count). The molecule has 1 saturated heterocycles. The predicted octanol–water partition coefficient (Wildman–Crippen LogP) is 16.8. The van der Waals surface area contributed by atoms with E-state index in [1.807, 2.05) is 118 Å². The highest BCUT2D eigenvalue weighted by Gasteiger charge is 2.21. The second-order valence-corrected chi connectivity index (χ2v) is 63.6. The molecule has 632 valence electrons. The summed E-state index contributed by atoms with van der Waals surface area (Å²) in [6, 6.07) is 29.2. The third kappa shape index (κ3) is 109. The minimum atomic E-state index is -2.40.